The predicted molar refractivity (Wildman–Crippen MR) is 74.7 cm³/mol. The van der Waals surface area contributed by atoms with Crippen molar-refractivity contribution in [3.63, 3.8) is 0 Å². The van der Waals surface area contributed by atoms with Gasteiger partial charge in [0.25, 0.3) is 0 Å². The topological polar surface area (TPSA) is 59.0 Å². The zero-order chi connectivity index (χ0) is 13.3. The van der Waals surface area contributed by atoms with Gasteiger partial charge in [-0.3, -0.25) is 4.79 Å². The lowest BCUT2D eigenvalue weighted by Gasteiger charge is -2.11. The Morgan fingerprint density at radius 1 is 1.32 bits per heavy atom. The van der Waals surface area contributed by atoms with Gasteiger partial charge >= 0.3 is 0 Å². The minimum Gasteiger partial charge on any atom is -0.355 e. The molecule has 0 spiro atoms. The largest absolute Gasteiger partial charge is 0.355 e. The first-order chi connectivity index (χ1) is 9.34. The van der Waals surface area contributed by atoms with Gasteiger partial charge in [-0.15, -0.1) is 0 Å². The molecule has 2 N–H and O–H groups in total. The SMILES string of the molecule is O=C(CNC1CCCC1)NCCCCn1ccnc1. The molecule has 0 saturated heterocycles. The first-order valence-electron chi connectivity index (χ1n) is 7.30. The number of amides is 1. The van der Waals surface area contributed by atoms with Gasteiger partial charge in [-0.2, -0.15) is 0 Å². The highest BCUT2D eigenvalue weighted by Crippen LogP contribution is 2.17. The van der Waals surface area contributed by atoms with Gasteiger partial charge in [0, 0.05) is 31.5 Å². The van der Waals surface area contributed by atoms with Crippen molar-refractivity contribution in [3.05, 3.63) is 18.7 Å². The molecule has 0 radical (unpaired) electrons. The summed E-state index contributed by atoms with van der Waals surface area (Å²) < 4.78 is 2.06. The van der Waals surface area contributed by atoms with Crippen molar-refractivity contribution in [2.45, 2.75) is 51.1 Å². The third-order valence-corrected chi connectivity index (χ3v) is 3.63. The lowest BCUT2D eigenvalue weighted by atomic mass is 10.2. The Labute approximate surface area is 114 Å². The average Bonchev–Trinajstić information content (AvgIpc) is 3.09. The number of rotatable bonds is 8. The first kappa shape index (κ1) is 14.1. The van der Waals surface area contributed by atoms with E-state index in [0.29, 0.717) is 12.6 Å². The van der Waals surface area contributed by atoms with Crippen molar-refractivity contribution in [2.75, 3.05) is 13.1 Å². The molecule has 5 heteroatoms. The van der Waals surface area contributed by atoms with E-state index in [1.54, 1.807) is 6.20 Å². The summed E-state index contributed by atoms with van der Waals surface area (Å²) >= 11 is 0. The Kier molecular flexibility index (Phi) is 5.88. The fourth-order valence-corrected chi connectivity index (χ4v) is 2.50. The quantitative estimate of drug-likeness (QED) is 0.696. The number of hydrogen-bond donors (Lipinski definition) is 2. The Bertz CT molecular complexity index is 358. The molecule has 1 aromatic rings. The fraction of sp³-hybridized carbons (Fsp3) is 0.714. The molecule has 106 valence electrons. The number of unbranched alkanes of at least 4 members (excludes halogenated alkanes) is 1. The number of imidazole rings is 1. The second-order valence-electron chi connectivity index (χ2n) is 5.22. The summed E-state index contributed by atoms with van der Waals surface area (Å²) in [6.07, 6.45) is 12.7. The molecule has 5 nitrogen and oxygen atoms in total. The van der Waals surface area contributed by atoms with E-state index in [1.807, 2.05) is 12.5 Å². The van der Waals surface area contributed by atoms with E-state index in [9.17, 15) is 4.79 Å². The molecule has 0 bridgehead atoms. The average molecular weight is 264 g/mol. The van der Waals surface area contributed by atoms with Crippen LogP contribution in [0.25, 0.3) is 0 Å². The molecule has 0 atom stereocenters. The lowest BCUT2D eigenvalue weighted by Crippen LogP contribution is -2.38. The maximum atomic E-state index is 11.6. The Morgan fingerprint density at radius 2 is 2.16 bits per heavy atom. The standard InChI is InChI=1S/C14H24N4O/c19-14(11-17-13-5-1-2-6-13)16-7-3-4-9-18-10-8-15-12-18/h8,10,12-13,17H,1-7,9,11H2,(H,16,19). The highest BCUT2D eigenvalue weighted by Gasteiger charge is 2.14. The molecular weight excluding hydrogens is 240 g/mol. The summed E-state index contributed by atoms with van der Waals surface area (Å²) in [5.41, 5.74) is 0. The molecule has 1 saturated carbocycles. The number of carbonyl (C=O) groups excluding carboxylic acids is 1. The van der Waals surface area contributed by atoms with Crippen molar-refractivity contribution < 1.29 is 4.79 Å². The van der Waals surface area contributed by atoms with Crippen LogP contribution in [0.1, 0.15) is 38.5 Å². The molecule has 1 heterocycles. The molecule has 1 amide bonds. The van der Waals surface area contributed by atoms with E-state index in [4.69, 9.17) is 0 Å². The molecule has 2 rings (SSSR count). The number of aryl methyl sites for hydroxylation is 1. The van der Waals surface area contributed by atoms with Crippen LogP contribution in [-0.4, -0.2) is 34.6 Å². The summed E-state index contributed by atoms with van der Waals surface area (Å²) in [6.45, 7) is 2.20. The van der Waals surface area contributed by atoms with Gasteiger partial charge in [0.15, 0.2) is 0 Å². The smallest absolute Gasteiger partial charge is 0.233 e. The second kappa shape index (κ2) is 7.94. The summed E-state index contributed by atoms with van der Waals surface area (Å²) in [6, 6.07) is 0.562. The number of aromatic nitrogens is 2. The van der Waals surface area contributed by atoms with Crippen LogP contribution in [0, 0.1) is 0 Å². The van der Waals surface area contributed by atoms with E-state index in [1.165, 1.54) is 25.7 Å². The van der Waals surface area contributed by atoms with Crippen LogP contribution in [0.5, 0.6) is 0 Å². The van der Waals surface area contributed by atoms with Crippen molar-refractivity contribution in [2.24, 2.45) is 0 Å². The highest BCUT2D eigenvalue weighted by molar-refractivity contribution is 5.77. The maximum absolute atomic E-state index is 11.6. The molecule has 0 aliphatic heterocycles. The van der Waals surface area contributed by atoms with Gasteiger partial charge in [-0.1, -0.05) is 12.8 Å². The lowest BCUT2D eigenvalue weighted by molar-refractivity contribution is -0.120. The second-order valence-corrected chi connectivity index (χ2v) is 5.22. The molecule has 0 aromatic carbocycles. The van der Waals surface area contributed by atoms with Crippen LogP contribution in [-0.2, 0) is 11.3 Å². The Hall–Kier alpha value is -1.36. The molecule has 19 heavy (non-hydrogen) atoms. The van der Waals surface area contributed by atoms with Crippen LogP contribution in [0.4, 0.5) is 0 Å². The van der Waals surface area contributed by atoms with Gasteiger partial charge in [0.1, 0.15) is 0 Å². The van der Waals surface area contributed by atoms with Gasteiger partial charge in [-0.25, -0.2) is 4.98 Å². The number of carbonyl (C=O) groups is 1. The first-order valence-corrected chi connectivity index (χ1v) is 7.30. The molecule has 0 unspecified atom stereocenters. The zero-order valence-corrected chi connectivity index (χ0v) is 11.5. The van der Waals surface area contributed by atoms with Gasteiger partial charge in [-0.05, 0) is 25.7 Å². The monoisotopic (exact) mass is 264 g/mol. The van der Waals surface area contributed by atoms with Crippen LogP contribution >= 0.6 is 0 Å². The number of nitrogens with zero attached hydrogens (tertiary/aromatic N) is 2. The van der Waals surface area contributed by atoms with Crippen molar-refractivity contribution in [1.29, 1.82) is 0 Å². The Morgan fingerprint density at radius 3 is 2.89 bits per heavy atom. The predicted octanol–water partition coefficient (Wildman–Crippen LogP) is 1.31. The van der Waals surface area contributed by atoms with Crippen molar-refractivity contribution >= 4 is 5.91 Å². The summed E-state index contributed by atoms with van der Waals surface area (Å²) in [5, 5.41) is 6.28. The van der Waals surface area contributed by atoms with Crippen molar-refractivity contribution in [1.82, 2.24) is 20.2 Å². The van der Waals surface area contributed by atoms with Gasteiger partial charge in [0.2, 0.25) is 5.91 Å². The van der Waals surface area contributed by atoms with Gasteiger partial charge in [0.05, 0.1) is 12.9 Å². The molecule has 1 aliphatic rings. The van der Waals surface area contributed by atoms with E-state index in [0.717, 1.165) is 25.9 Å². The van der Waals surface area contributed by atoms with E-state index >= 15 is 0 Å². The van der Waals surface area contributed by atoms with Gasteiger partial charge < -0.3 is 15.2 Å². The number of nitrogens with one attached hydrogen (secondary N) is 2. The Balaban J connectivity index is 1.44. The van der Waals surface area contributed by atoms with Crippen LogP contribution in [0.3, 0.4) is 0 Å². The molecular formula is C14H24N4O. The summed E-state index contributed by atoms with van der Waals surface area (Å²) in [7, 11) is 0. The van der Waals surface area contributed by atoms with E-state index in [-0.39, 0.29) is 5.91 Å². The number of hydrogen-bond acceptors (Lipinski definition) is 3. The van der Waals surface area contributed by atoms with Crippen LogP contribution < -0.4 is 10.6 Å². The summed E-state index contributed by atoms with van der Waals surface area (Å²) in [4.78, 5) is 15.6. The minimum atomic E-state index is 0.120. The molecule has 1 fully saturated rings. The fourth-order valence-electron chi connectivity index (χ4n) is 2.50. The third kappa shape index (κ3) is 5.42. The van der Waals surface area contributed by atoms with E-state index < -0.39 is 0 Å². The van der Waals surface area contributed by atoms with Crippen molar-refractivity contribution in [3.8, 4) is 0 Å². The normalized spacial score (nSPS) is 15.8. The van der Waals surface area contributed by atoms with Crippen LogP contribution in [0.2, 0.25) is 0 Å². The van der Waals surface area contributed by atoms with E-state index in [2.05, 4.69) is 20.2 Å². The summed E-state index contributed by atoms with van der Waals surface area (Å²) in [5.74, 6) is 0.120. The highest BCUT2D eigenvalue weighted by atomic mass is 16.1. The third-order valence-electron chi connectivity index (χ3n) is 3.63. The molecule has 1 aromatic heterocycles. The maximum Gasteiger partial charge on any atom is 0.233 e. The zero-order valence-electron chi connectivity index (χ0n) is 11.5. The minimum absolute atomic E-state index is 0.120. The van der Waals surface area contributed by atoms with Crippen LogP contribution in [0.15, 0.2) is 18.7 Å². The molecule has 1 aliphatic carbocycles.